The zero-order valence-electron chi connectivity index (χ0n) is 18.2. The lowest BCUT2D eigenvalue weighted by atomic mass is 10.00. The van der Waals surface area contributed by atoms with Crippen LogP contribution in [0.25, 0.3) is 0 Å². The van der Waals surface area contributed by atoms with E-state index in [1.54, 1.807) is 16.2 Å². The molecule has 162 valence electrons. The van der Waals surface area contributed by atoms with Gasteiger partial charge in [0.15, 0.2) is 0 Å². The van der Waals surface area contributed by atoms with Gasteiger partial charge in [-0.15, -0.1) is 11.3 Å². The average Bonchev–Trinajstić information content (AvgIpc) is 3.21. The van der Waals surface area contributed by atoms with Crippen LogP contribution in [0.3, 0.4) is 0 Å². The number of benzene rings is 1. The van der Waals surface area contributed by atoms with Gasteiger partial charge < -0.3 is 14.5 Å². The first kappa shape index (κ1) is 22.3. The molecule has 3 rings (SSSR count). The van der Waals surface area contributed by atoms with Crippen LogP contribution in [0.2, 0.25) is 0 Å². The highest BCUT2D eigenvalue weighted by molar-refractivity contribution is 7.10. The van der Waals surface area contributed by atoms with Crippen molar-refractivity contribution in [2.24, 2.45) is 5.92 Å². The molecule has 0 N–H and O–H groups in total. The molecule has 1 atom stereocenters. The van der Waals surface area contributed by atoms with Gasteiger partial charge in [-0.05, 0) is 47.9 Å². The van der Waals surface area contributed by atoms with Crippen molar-refractivity contribution in [1.82, 2.24) is 9.80 Å². The molecule has 0 spiro atoms. The van der Waals surface area contributed by atoms with Crippen LogP contribution in [-0.4, -0.2) is 47.9 Å². The van der Waals surface area contributed by atoms with Gasteiger partial charge in [0.25, 0.3) is 0 Å². The number of carbonyl (C=O) groups excluding carboxylic acids is 2. The van der Waals surface area contributed by atoms with Crippen molar-refractivity contribution in [1.29, 1.82) is 0 Å². The van der Waals surface area contributed by atoms with Crippen LogP contribution in [0.5, 0.6) is 5.75 Å². The molecule has 0 radical (unpaired) electrons. The van der Waals surface area contributed by atoms with Gasteiger partial charge in [0.05, 0.1) is 12.6 Å². The number of fused-ring (bicyclic) bond motifs is 1. The fraction of sp³-hybridized carbons (Fsp3) is 0.500. The van der Waals surface area contributed by atoms with E-state index in [1.165, 1.54) is 10.4 Å². The molecule has 1 aromatic carbocycles. The zero-order chi connectivity index (χ0) is 21.5. The number of para-hydroxylation sites is 1. The van der Waals surface area contributed by atoms with Crippen LogP contribution in [0.4, 0.5) is 0 Å². The molecule has 5 nitrogen and oxygen atoms in total. The topological polar surface area (TPSA) is 49.9 Å². The maximum absolute atomic E-state index is 13.3. The zero-order valence-corrected chi connectivity index (χ0v) is 19.0. The minimum atomic E-state index is -0.128. The highest BCUT2D eigenvalue weighted by atomic mass is 32.1. The van der Waals surface area contributed by atoms with Gasteiger partial charge in [-0.2, -0.15) is 0 Å². The summed E-state index contributed by atoms with van der Waals surface area (Å²) >= 11 is 1.74. The van der Waals surface area contributed by atoms with Crippen molar-refractivity contribution >= 4 is 23.2 Å². The molecule has 0 aliphatic carbocycles. The van der Waals surface area contributed by atoms with Gasteiger partial charge in [-0.3, -0.25) is 9.59 Å². The van der Waals surface area contributed by atoms with Crippen molar-refractivity contribution in [3.8, 4) is 5.75 Å². The number of ether oxygens (including phenoxy) is 1. The Kier molecular flexibility index (Phi) is 7.91. The van der Waals surface area contributed by atoms with E-state index in [0.29, 0.717) is 26.1 Å². The van der Waals surface area contributed by atoms with Crippen LogP contribution in [0.15, 0.2) is 41.8 Å². The van der Waals surface area contributed by atoms with E-state index in [2.05, 4.69) is 11.4 Å². The second-order valence-electron chi connectivity index (χ2n) is 8.19. The second-order valence-corrected chi connectivity index (χ2v) is 9.19. The number of rotatable bonds is 9. The lowest BCUT2D eigenvalue weighted by molar-refractivity contribution is -0.143. The Balaban J connectivity index is 1.74. The molecule has 2 heterocycles. The first-order valence-electron chi connectivity index (χ1n) is 10.8. The molecule has 0 fully saturated rings. The van der Waals surface area contributed by atoms with E-state index < -0.39 is 0 Å². The maximum Gasteiger partial charge on any atom is 0.242 e. The smallest absolute Gasteiger partial charge is 0.242 e. The number of nitrogens with zero attached hydrogens (tertiary/aromatic N) is 2. The summed E-state index contributed by atoms with van der Waals surface area (Å²) in [7, 11) is 0. The molecule has 2 aromatic rings. The van der Waals surface area contributed by atoms with Gasteiger partial charge in [-0.25, -0.2) is 0 Å². The third-order valence-electron chi connectivity index (χ3n) is 5.32. The number of hydrogen-bond donors (Lipinski definition) is 0. The Hall–Kier alpha value is -2.34. The molecule has 0 unspecified atom stereocenters. The molecule has 0 saturated heterocycles. The quantitative estimate of drug-likeness (QED) is 0.589. The molecule has 2 amide bonds. The molecule has 0 bridgehead atoms. The first-order valence-corrected chi connectivity index (χ1v) is 11.7. The third-order valence-corrected chi connectivity index (χ3v) is 6.32. The molecule has 6 heteroatoms. The second kappa shape index (κ2) is 10.6. The van der Waals surface area contributed by atoms with Crippen LogP contribution in [0, 0.1) is 5.92 Å². The van der Waals surface area contributed by atoms with Gasteiger partial charge in [0, 0.05) is 24.4 Å². The normalized spacial score (nSPS) is 15.7. The Morgan fingerprint density at radius 2 is 2.00 bits per heavy atom. The number of thiophene rings is 1. The van der Waals surface area contributed by atoms with Gasteiger partial charge in [-0.1, -0.05) is 39.0 Å². The van der Waals surface area contributed by atoms with Crippen molar-refractivity contribution < 1.29 is 14.3 Å². The van der Waals surface area contributed by atoms with E-state index in [4.69, 9.17) is 4.74 Å². The summed E-state index contributed by atoms with van der Waals surface area (Å²) in [4.78, 5) is 30.9. The van der Waals surface area contributed by atoms with Crippen molar-refractivity contribution in [3.63, 3.8) is 0 Å². The fourth-order valence-corrected chi connectivity index (χ4v) is 4.79. The van der Waals surface area contributed by atoms with E-state index in [9.17, 15) is 9.59 Å². The van der Waals surface area contributed by atoms with Crippen LogP contribution in [-0.2, 0) is 16.0 Å². The molecular formula is C24H32N2O3S. The Labute approximate surface area is 183 Å². The van der Waals surface area contributed by atoms with Gasteiger partial charge in [0.2, 0.25) is 11.8 Å². The number of amides is 2. The largest absolute Gasteiger partial charge is 0.491 e. The van der Waals surface area contributed by atoms with E-state index in [1.807, 2.05) is 56.0 Å². The van der Waals surface area contributed by atoms with E-state index >= 15 is 0 Å². The summed E-state index contributed by atoms with van der Waals surface area (Å²) in [5.41, 5.74) is 1.17. The first-order chi connectivity index (χ1) is 14.5. The molecule has 1 aromatic heterocycles. The van der Waals surface area contributed by atoms with Crippen molar-refractivity contribution in [2.45, 2.75) is 46.1 Å². The summed E-state index contributed by atoms with van der Waals surface area (Å²) in [5, 5.41) is 2.09. The Morgan fingerprint density at radius 1 is 1.23 bits per heavy atom. The van der Waals surface area contributed by atoms with Crippen LogP contribution >= 0.6 is 11.3 Å². The predicted octanol–water partition coefficient (Wildman–Crippen LogP) is 4.54. The Bertz CT molecular complexity index is 834. The van der Waals surface area contributed by atoms with Crippen molar-refractivity contribution in [3.05, 3.63) is 52.2 Å². The Morgan fingerprint density at radius 3 is 2.70 bits per heavy atom. The summed E-state index contributed by atoms with van der Waals surface area (Å²) < 4.78 is 6.03. The minimum absolute atomic E-state index is 0.000863. The summed E-state index contributed by atoms with van der Waals surface area (Å²) in [5.74, 6) is 1.14. The molecule has 1 aliphatic rings. The SMILES string of the molecule is CCCN(CC(=O)N1CCc2sccc2[C@H]1COc1ccccc1)C(=O)CC(C)C. The average molecular weight is 429 g/mol. The lowest BCUT2D eigenvalue weighted by Gasteiger charge is -2.37. The minimum Gasteiger partial charge on any atom is -0.491 e. The summed E-state index contributed by atoms with van der Waals surface area (Å²) in [6.07, 6.45) is 2.17. The van der Waals surface area contributed by atoms with E-state index in [-0.39, 0.29) is 30.3 Å². The van der Waals surface area contributed by atoms with E-state index in [0.717, 1.165) is 18.6 Å². The number of hydrogen-bond acceptors (Lipinski definition) is 4. The lowest BCUT2D eigenvalue weighted by Crippen LogP contribution is -2.48. The van der Waals surface area contributed by atoms with Crippen molar-refractivity contribution in [2.75, 3.05) is 26.2 Å². The molecule has 30 heavy (non-hydrogen) atoms. The highest BCUT2D eigenvalue weighted by Crippen LogP contribution is 2.34. The van der Waals surface area contributed by atoms with Crippen LogP contribution in [0.1, 0.15) is 50.1 Å². The molecular weight excluding hydrogens is 396 g/mol. The standard InChI is InChI=1S/C24H32N2O3S/c1-4-12-25(23(27)15-18(2)3)16-24(28)26-13-10-22-20(11-14-30-22)21(26)17-29-19-8-6-5-7-9-19/h5-9,11,14,18,21H,4,10,12-13,15-17H2,1-3H3/t21-/m1/s1. The fourth-order valence-electron chi connectivity index (χ4n) is 3.86. The number of carbonyl (C=O) groups is 2. The maximum atomic E-state index is 13.3. The molecule has 1 aliphatic heterocycles. The summed E-state index contributed by atoms with van der Waals surface area (Å²) in [6.45, 7) is 7.92. The highest BCUT2D eigenvalue weighted by Gasteiger charge is 2.33. The van der Waals surface area contributed by atoms with Gasteiger partial charge in [0.1, 0.15) is 12.4 Å². The monoisotopic (exact) mass is 428 g/mol. The van der Waals surface area contributed by atoms with Gasteiger partial charge >= 0.3 is 0 Å². The van der Waals surface area contributed by atoms with Crippen LogP contribution < -0.4 is 4.74 Å². The summed E-state index contributed by atoms with van der Waals surface area (Å²) in [6, 6.07) is 11.7. The molecule has 0 saturated carbocycles. The third kappa shape index (κ3) is 5.63. The predicted molar refractivity (Wildman–Crippen MR) is 121 cm³/mol.